The van der Waals surface area contributed by atoms with Gasteiger partial charge in [-0.25, -0.2) is 9.48 Å². The number of fused-ring (bicyclic) bond motifs is 1. The minimum atomic E-state index is -0.710. The molecule has 1 atom stereocenters. The highest BCUT2D eigenvalue weighted by atomic mass is 16.5. The summed E-state index contributed by atoms with van der Waals surface area (Å²) in [5.74, 6) is -1.06. The zero-order chi connectivity index (χ0) is 20.5. The molecule has 1 aromatic heterocycles. The smallest absolute Gasteiger partial charge is 0.359 e. The summed E-state index contributed by atoms with van der Waals surface area (Å²) in [5.41, 5.74) is -0.171. The monoisotopic (exact) mass is 387 g/mol. The van der Waals surface area contributed by atoms with Crippen molar-refractivity contribution in [1.82, 2.24) is 15.1 Å². The molecule has 1 heterocycles. The number of benzene rings is 1. The summed E-state index contributed by atoms with van der Waals surface area (Å²) >= 11 is 0. The van der Waals surface area contributed by atoms with Crippen molar-refractivity contribution in [3.8, 4) is 0 Å². The molecule has 0 unspecified atom stereocenters. The summed E-state index contributed by atoms with van der Waals surface area (Å²) in [4.78, 5) is 37.2. The van der Waals surface area contributed by atoms with E-state index in [0.29, 0.717) is 17.3 Å². The quantitative estimate of drug-likeness (QED) is 0.500. The predicted molar refractivity (Wildman–Crippen MR) is 108 cm³/mol. The number of aryl methyl sites for hydroxylation is 1. The van der Waals surface area contributed by atoms with Crippen LogP contribution in [-0.4, -0.2) is 34.3 Å². The molecule has 152 valence electrons. The molecular weight excluding hydrogens is 358 g/mol. The molecule has 1 aromatic carbocycles. The first kappa shape index (κ1) is 21.6. The van der Waals surface area contributed by atoms with Crippen LogP contribution in [0, 0.1) is 0 Å². The topological polar surface area (TPSA) is 90.3 Å². The zero-order valence-corrected chi connectivity index (χ0v) is 16.9. The summed E-state index contributed by atoms with van der Waals surface area (Å²) < 4.78 is 6.49. The third kappa shape index (κ3) is 5.65. The Balaban J connectivity index is 2.19. The number of nitrogens with zero attached hydrogens (tertiary/aromatic N) is 2. The van der Waals surface area contributed by atoms with Crippen molar-refractivity contribution < 1.29 is 14.3 Å². The maximum atomic E-state index is 12.6. The first-order chi connectivity index (χ1) is 13.5. The molecule has 0 aliphatic heterocycles. The second-order valence-electron chi connectivity index (χ2n) is 6.96. The Labute approximate surface area is 165 Å². The molecule has 2 rings (SSSR count). The van der Waals surface area contributed by atoms with Crippen LogP contribution in [0.15, 0.2) is 29.1 Å². The maximum absolute atomic E-state index is 12.6. The number of hydrogen-bond donors (Lipinski definition) is 1. The van der Waals surface area contributed by atoms with E-state index in [0.717, 1.165) is 32.1 Å². The van der Waals surface area contributed by atoms with E-state index in [-0.39, 0.29) is 29.8 Å². The number of aromatic nitrogens is 2. The zero-order valence-electron chi connectivity index (χ0n) is 16.9. The summed E-state index contributed by atoms with van der Waals surface area (Å²) in [5, 5.41) is 7.88. The Morgan fingerprint density at radius 2 is 1.86 bits per heavy atom. The van der Waals surface area contributed by atoms with Crippen molar-refractivity contribution in [2.45, 2.75) is 65.5 Å². The van der Waals surface area contributed by atoms with Gasteiger partial charge in [0.15, 0.2) is 12.3 Å². The molecule has 28 heavy (non-hydrogen) atoms. The van der Waals surface area contributed by atoms with Gasteiger partial charge < -0.3 is 10.1 Å². The van der Waals surface area contributed by atoms with Gasteiger partial charge in [0.25, 0.3) is 11.5 Å². The third-order valence-corrected chi connectivity index (χ3v) is 4.50. The van der Waals surface area contributed by atoms with Crippen LogP contribution in [0.1, 0.15) is 63.4 Å². The van der Waals surface area contributed by atoms with Gasteiger partial charge in [0.2, 0.25) is 0 Å². The first-order valence-corrected chi connectivity index (χ1v) is 9.94. The lowest BCUT2D eigenvalue weighted by molar-refractivity contribution is -0.124. The molecule has 2 aromatic rings. The van der Waals surface area contributed by atoms with Gasteiger partial charge in [-0.05, 0) is 25.8 Å². The average molecular weight is 387 g/mol. The lowest BCUT2D eigenvalue weighted by atomic mass is 10.1. The van der Waals surface area contributed by atoms with Crippen molar-refractivity contribution >= 4 is 22.6 Å². The second kappa shape index (κ2) is 10.6. The van der Waals surface area contributed by atoms with Crippen LogP contribution in [0.2, 0.25) is 0 Å². The molecule has 0 bridgehead atoms. The SMILES string of the molecule is CCCCCn1nc(C(=O)OCC(=O)N[C@@H](C)CCC)c2ccccc2c1=O. The van der Waals surface area contributed by atoms with Gasteiger partial charge in [-0.1, -0.05) is 51.3 Å². The normalized spacial score (nSPS) is 12.0. The number of carbonyl (C=O) groups excluding carboxylic acids is 2. The predicted octanol–water partition coefficient (Wildman–Crippen LogP) is 3.05. The number of unbranched alkanes of at least 4 members (excludes halogenated alkanes) is 2. The van der Waals surface area contributed by atoms with E-state index in [1.54, 1.807) is 24.3 Å². The van der Waals surface area contributed by atoms with Crippen LogP contribution in [-0.2, 0) is 16.1 Å². The molecule has 1 amide bonds. The fraction of sp³-hybridized carbons (Fsp3) is 0.524. The molecule has 0 saturated heterocycles. The van der Waals surface area contributed by atoms with Crippen LogP contribution < -0.4 is 10.9 Å². The number of nitrogens with one attached hydrogen (secondary N) is 1. The minimum absolute atomic E-state index is 0.0237. The van der Waals surface area contributed by atoms with Crippen LogP contribution in [0.4, 0.5) is 0 Å². The lowest BCUT2D eigenvalue weighted by Gasteiger charge is -2.13. The number of rotatable bonds is 10. The molecule has 7 nitrogen and oxygen atoms in total. The van der Waals surface area contributed by atoms with Gasteiger partial charge in [0.05, 0.1) is 5.39 Å². The van der Waals surface area contributed by atoms with Gasteiger partial charge in [-0.2, -0.15) is 5.10 Å². The van der Waals surface area contributed by atoms with Crippen molar-refractivity contribution in [3.05, 3.63) is 40.3 Å². The lowest BCUT2D eigenvalue weighted by Crippen LogP contribution is -2.36. The summed E-state index contributed by atoms with van der Waals surface area (Å²) in [6.07, 6.45) is 4.60. The van der Waals surface area contributed by atoms with Crippen molar-refractivity contribution in [3.63, 3.8) is 0 Å². The molecule has 0 aliphatic rings. The van der Waals surface area contributed by atoms with E-state index >= 15 is 0 Å². The van der Waals surface area contributed by atoms with Crippen molar-refractivity contribution in [2.75, 3.05) is 6.61 Å². The highest BCUT2D eigenvalue weighted by Gasteiger charge is 2.19. The number of carbonyl (C=O) groups is 2. The van der Waals surface area contributed by atoms with E-state index in [2.05, 4.69) is 17.3 Å². The second-order valence-corrected chi connectivity index (χ2v) is 6.96. The van der Waals surface area contributed by atoms with Crippen molar-refractivity contribution in [2.24, 2.45) is 0 Å². The van der Waals surface area contributed by atoms with Gasteiger partial charge >= 0.3 is 5.97 Å². The van der Waals surface area contributed by atoms with E-state index in [1.165, 1.54) is 4.68 Å². The van der Waals surface area contributed by atoms with E-state index in [4.69, 9.17) is 4.74 Å². The van der Waals surface area contributed by atoms with Crippen LogP contribution in [0.3, 0.4) is 0 Å². The first-order valence-electron chi connectivity index (χ1n) is 9.94. The maximum Gasteiger partial charge on any atom is 0.359 e. The number of amides is 1. The molecule has 1 N–H and O–H groups in total. The Morgan fingerprint density at radius 3 is 2.54 bits per heavy atom. The van der Waals surface area contributed by atoms with E-state index < -0.39 is 5.97 Å². The molecule has 0 spiro atoms. The van der Waals surface area contributed by atoms with Gasteiger partial charge in [-0.3, -0.25) is 9.59 Å². The molecule has 0 radical (unpaired) electrons. The number of ether oxygens (including phenoxy) is 1. The molecule has 0 fully saturated rings. The number of hydrogen-bond acceptors (Lipinski definition) is 5. The largest absolute Gasteiger partial charge is 0.451 e. The Bertz CT molecular complexity index is 876. The fourth-order valence-electron chi connectivity index (χ4n) is 3.07. The van der Waals surface area contributed by atoms with Gasteiger partial charge in [-0.15, -0.1) is 0 Å². The van der Waals surface area contributed by atoms with E-state index in [9.17, 15) is 14.4 Å². The minimum Gasteiger partial charge on any atom is -0.451 e. The van der Waals surface area contributed by atoms with Gasteiger partial charge in [0, 0.05) is 18.0 Å². The summed E-state index contributed by atoms with van der Waals surface area (Å²) in [6.45, 7) is 6.08. The Hall–Kier alpha value is -2.70. The van der Waals surface area contributed by atoms with Crippen LogP contribution in [0.5, 0.6) is 0 Å². The van der Waals surface area contributed by atoms with Gasteiger partial charge in [0.1, 0.15) is 0 Å². The molecular formula is C21H29N3O4. The Kier molecular flexibility index (Phi) is 8.17. The highest BCUT2D eigenvalue weighted by molar-refractivity contribution is 6.02. The third-order valence-electron chi connectivity index (χ3n) is 4.50. The van der Waals surface area contributed by atoms with Crippen LogP contribution >= 0.6 is 0 Å². The Morgan fingerprint density at radius 1 is 1.14 bits per heavy atom. The molecule has 7 heteroatoms. The van der Waals surface area contributed by atoms with E-state index in [1.807, 2.05) is 13.8 Å². The number of esters is 1. The van der Waals surface area contributed by atoms with Crippen LogP contribution in [0.25, 0.3) is 10.8 Å². The summed E-state index contributed by atoms with van der Waals surface area (Å²) in [7, 11) is 0. The highest BCUT2D eigenvalue weighted by Crippen LogP contribution is 2.14. The summed E-state index contributed by atoms with van der Waals surface area (Å²) in [6, 6.07) is 6.85. The van der Waals surface area contributed by atoms with Crippen molar-refractivity contribution in [1.29, 1.82) is 0 Å². The standard InChI is InChI=1S/C21H29N3O4/c1-4-6-9-13-24-20(26)17-12-8-7-11-16(17)19(23-24)21(27)28-14-18(25)22-15(3)10-5-2/h7-8,11-12,15H,4-6,9-10,13-14H2,1-3H3,(H,22,25)/t15-/m0/s1. The molecule has 0 saturated carbocycles. The molecule has 0 aliphatic carbocycles. The average Bonchev–Trinajstić information content (AvgIpc) is 2.68. The fourth-order valence-corrected chi connectivity index (χ4v) is 3.07.